The SMILES string of the molecule is CS(=O)(=O)c1cccc(-c2cc(-c3cc4c([nH]3)CCNC4=O)ccn2)c1. The van der Waals surface area contributed by atoms with Crippen LogP contribution in [-0.2, 0) is 16.3 Å². The molecule has 7 heteroatoms. The van der Waals surface area contributed by atoms with Gasteiger partial charge in [0, 0.05) is 47.9 Å². The van der Waals surface area contributed by atoms with Gasteiger partial charge < -0.3 is 10.3 Å². The molecule has 1 aromatic carbocycles. The lowest BCUT2D eigenvalue weighted by molar-refractivity contribution is 0.0946. The van der Waals surface area contributed by atoms with E-state index >= 15 is 0 Å². The fourth-order valence-corrected chi connectivity index (χ4v) is 3.76. The van der Waals surface area contributed by atoms with Crippen LogP contribution in [0.1, 0.15) is 16.1 Å². The largest absolute Gasteiger partial charge is 0.358 e. The molecule has 0 atom stereocenters. The molecule has 0 saturated carbocycles. The van der Waals surface area contributed by atoms with E-state index in [-0.39, 0.29) is 10.8 Å². The van der Waals surface area contributed by atoms with Gasteiger partial charge in [0.25, 0.3) is 5.91 Å². The van der Waals surface area contributed by atoms with Gasteiger partial charge in [-0.1, -0.05) is 12.1 Å². The molecule has 0 radical (unpaired) electrons. The lowest BCUT2D eigenvalue weighted by atomic mass is 10.1. The zero-order valence-electron chi connectivity index (χ0n) is 14.1. The molecule has 2 aromatic heterocycles. The Kier molecular flexibility index (Phi) is 3.88. The third-order valence-electron chi connectivity index (χ3n) is 4.43. The summed E-state index contributed by atoms with van der Waals surface area (Å²) in [7, 11) is -3.28. The fraction of sp³-hybridized carbons (Fsp3) is 0.158. The molecular formula is C19H17N3O3S. The highest BCUT2D eigenvalue weighted by molar-refractivity contribution is 7.90. The molecule has 0 spiro atoms. The average molecular weight is 367 g/mol. The number of hydrogen-bond donors (Lipinski definition) is 2. The van der Waals surface area contributed by atoms with Crippen molar-refractivity contribution in [2.24, 2.45) is 0 Å². The Labute approximate surface area is 151 Å². The van der Waals surface area contributed by atoms with E-state index in [9.17, 15) is 13.2 Å². The first kappa shape index (κ1) is 16.5. The summed E-state index contributed by atoms with van der Waals surface area (Å²) < 4.78 is 23.6. The predicted molar refractivity (Wildman–Crippen MR) is 98.6 cm³/mol. The van der Waals surface area contributed by atoms with Gasteiger partial charge in [0.2, 0.25) is 0 Å². The van der Waals surface area contributed by atoms with Crippen molar-refractivity contribution in [1.82, 2.24) is 15.3 Å². The van der Waals surface area contributed by atoms with Crippen molar-refractivity contribution in [1.29, 1.82) is 0 Å². The number of sulfone groups is 1. The van der Waals surface area contributed by atoms with E-state index in [0.29, 0.717) is 17.8 Å². The van der Waals surface area contributed by atoms with E-state index in [1.54, 1.807) is 24.4 Å². The van der Waals surface area contributed by atoms with Gasteiger partial charge in [-0.05, 0) is 30.3 Å². The van der Waals surface area contributed by atoms with Gasteiger partial charge in [-0.3, -0.25) is 9.78 Å². The van der Waals surface area contributed by atoms with E-state index < -0.39 is 9.84 Å². The Morgan fingerprint density at radius 3 is 2.69 bits per heavy atom. The lowest BCUT2D eigenvalue weighted by Gasteiger charge is -2.11. The standard InChI is InChI=1S/C19H17N3O3S/c1-26(24,25)14-4-2-3-12(9-14)17-10-13(5-7-20-17)18-11-15-16(22-18)6-8-21-19(15)23/h2-5,7,9-11,22H,6,8H2,1H3,(H,21,23). The van der Waals surface area contributed by atoms with Crippen molar-refractivity contribution in [2.45, 2.75) is 11.3 Å². The van der Waals surface area contributed by atoms with Gasteiger partial charge in [0.15, 0.2) is 9.84 Å². The molecule has 0 saturated heterocycles. The molecular weight excluding hydrogens is 350 g/mol. The molecule has 3 aromatic rings. The quantitative estimate of drug-likeness (QED) is 0.744. The highest BCUT2D eigenvalue weighted by Crippen LogP contribution is 2.28. The number of aromatic nitrogens is 2. The van der Waals surface area contributed by atoms with Crippen LogP contribution in [0.5, 0.6) is 0 Å². The molecule has 0 fully saturated rings. The van der Waals surface area contributed by atoms with Gasteiger partial charge in [-0.25, -0.2) is 8.42 Å². The second-order valence-electron chi connectivity index (χ2n) is 6.31. The molecule has 1 aliphatic heterocycles. The second-order valence-corrected chi connectivity index (χ2v) is 8.33. The maximum atomic E-state index is 11.9. The summed E-state index contributed by atoms with van der Waals surface area (Å²) in [5.41, 5.74) is 4.73. The molecule has 2 N–H and O–H groups in total. The zero-order chi connectivity index (χ0) is 18.3. The number of benzene rings is 1. The van der Waals surface area contributed by atoms with Crippen LogP contribution >= 0.6 is 0 Å². The number of nitrogens with one attached hydrogen (secondary N) is 2. The minimum absolute atomic E-state index is 0.0658. The summed E-state index contributed by atoms with van der Waals surface area (Å²) in [6.45, 7) is 0.631. The highest BCUT2D eigenvalue weighted by atomic mass is 32.2. The molecule has 1 amide bonds. The van der Waals surface area contributed by atoms with E-state index in [4.69, 9.17) is 0 Å². The minimum Gasteiger partial charge on any atom is -0.358 e. The van der Waals surface area contributed by atoms with Gasteiger partial charge in [0.05, 0.1) is 16.2 Å². The first-order valence-corrected chi connectivity index (χ1v) is 10.1. The Hall–Kier alpha value is -2.93. The van der Waals surface area contributed by atoms with Crippen LogP contribution in [0.2, 0.25) is 0 Å². The average Bonchev–Trinajstić information content (AvgIpc) is 3.07. The summed E-state index contributed by atoms with van der Waals surface area (Å²) in [5.74, 6) is -0.0658. The van der Waals surface area contributed by atoms with Crippen molar-refractivity contribution in [3.63, 3.8) is 0 Å². The van der Waals surface area contributed by atoms with Crippen LogP contribution in [0.15, 0.2) is 53.6 Å². The van der Waals surface area contributed by atoms with Gasteiger partial charge in [0.1, 0.15) is 0 Å². The lowest BCUT2D eigenvalue weighted by Crippen LogP contribution is -2.31. The second kappa shape index (κ2) is 6.10. The molecule has 0 aliphatic carbocycles. The number of hydrogen-bond acceptors (Lipinski definition) is 4. The normalized spacial score (nSPS) is 14.0. The smallest absolute Gasteiger partial charge is 0.253 e. The number of fused-ring (bicyclic) bond motifs is 1. The number of pyridine rings is 1. The molecule has 3 heterocycles. The van der Waals surface area contributed by atoms with Crippen LogP contribution < -0.4 is 5.32 Å². The van der Waals surface area contributed by atoms with Crippen molar-refractivity contribution in [2.75, 3.05) is 12.8 Å². The van der Waals surface area contributed by atoms with Crippen molar-refractivity contribution in [3.8, 4) is 22.5 Å². The number of nitrogens with zero attached hydrogens (tertiary/aromatic N) is 1. The third-order valence-corrected chi connectivity index (χ3v) is 5.54. The van der Waals surface area contributed by atoms with Crippen LogP contribution in [-0.4, -0.2) is 37.1 Å². The van der Waals surface area contributed by atoms with Gasteiger partial charge >= 0.3 is 0 Å². The highest BCUT2D eigenvalue weighted by Gasteiger charge is 2.20. The Balaban J connectivity index is 1.75. The number of H-pyrrole nitrogens is 1. The van der Waals surface area contributed by atoms with Crippen molar-refractivity contribution in [3.05, 3.63) is 59.9 Å². The summed E-state index contributed by atoms with van der Waals surface area (Å²) in [5, 5.41) is 2.83. The monoisotopic (exact) mass is 367 g/mol. The number of amides is 1. The van der Waals surface area contributed by atoms with E-state index in [0.717, 1.165) is 28.9 Å². The van der Waals surface area contributed by atoms with E-state index in [1.165, 1.54) is 6.26 Å². The zero-order valence-corrected chi connectivity index (χ0v) is 14.9. The van der Waals surface area contributed by atoms with Crippen molar-refractivity contribution < 1.29 is 13.2 Å². The fourth-order valence-electron chi connectivity index (χ4n) is 3.09. The van der Waals surface area contributed by atoms with E-state index in [1.807, 2.05) is 24.3 Å². The van der Waals surface area contributed by atoms with Gasteiger partial charge in [-0.15, -0.1) is 0 Å². The maximum absolute atomic E-state index is 11.9. The molecule has 0 bridgehead atoms. The maximum Gasteiger partial charge on any atom is 0.253 e. The third kappa shape index (κ3) is 3.01. The summed E-state index contributed by atoms with van der Waals surface area (Å²) in [6, 6.07) is 12.3. The first-order chi connectivity index (χ1) is 12.4. The first-order valence-electron chi connectivity index (χ1n) is 8.19. The molecule has 26 heavy (non-hydrogen) atoms. The molecule has 6 nitrogen and oxygen atoms in total. The Morgan fingerprint density at radius 2 is 1.92 bits per heavy atom. The van der Waals surface area contributed by atoms with Crippen LogP contribution in [0.25, 0.3) is 22.5 Å². The van der Waals surface area contributed by atoms with Crippen LogP contribution in [0.4, 0.5) is 0 Å². The van der Waals surface area contributed by atoms with Gasteiger partial charge in [-0.2, -0.15) is 0 Å². The topological polar surface area (TPSA) is 91.9 Å². The minimum atomic E-state index is -3.28. The Morgan fingerprint density at radius 1 is 1.08 bits per heavy atom. The van der Waals surface area contributed by atoms with E-state index in [2.05, 4.69) is 15.3 Å². The summed E-state index contributed by atoms with van der Waals surface area (Å²) >= 11 is 0. The van der Waals surface area contributed by atoms with Crippen LogP contribution in [0, 0.1) is 0 Å². The molecule has 4 rings (SSSR count). The number of rotatable bonds is 3. The summed E-state index contributed by atoms with van der Waals surface area (Å²) in [4.78, 5) is 19.9. The summed E-state index contributed by atoms with van der Waals surface area (Å²) in [6.07, 6.45) is 3.64. The number of aromatic amines is 1. The Bertz CT molecular complexity index is 1120. The number of carbonyl (C=O) groups excluding carboxylic acids is 1. The number of carbonyl (C=O) groups is 1. The molecule has 0 unspecified atom stereocenters. The molecule has 1 aliphatic rings. The van der Waals surface area contributed by atoms with Crippen LogP contribution in [0.3, 0.4) is 0 Å². The van der Waals surface area contributed by atoms with Crippen molar-refractivity contribution >= 4 is 15.7 Å². The predicted octanol–water partition coefficient (Wildman–Crippen LogP) is 2.43. The molecule has 132 valence electrons.